The van der Waals surface area contributed by atoms with Crippen LogP contribution in [0.4, 0.5) is 0 Å². The molecule has 0 amide bonds. The van der Waals surface area contributed by atoms with Crippen LogP contribution in [0.25, 0.3) is 0 Å². The number of nitrogens with zero attached hydrogens (tertiary/aromatic N) is 2. The monoisotopic (exact) mass is 402 g/mol. The molecule has 2 N–H and O–H groups in total. The second-order valence-electron chi connectivity index (χ2n) is 8.47. The molecule has 1 atom stereocenters. The van der Waals surface area contributed by atoms with E-state index in [-0.39, 0.29) is 6.10 Å². The van der Waals surface area contributed by atoms with Gasteiger partial charge in [0.15, 0.2) is 5.96 Å². The Balaban J connectivity index is 1.48. The van der Waals surface area contributed by atoms with Crippen molar-refractivity contribution in [1.82, 2.24) is 15.5 Å². The molecule has 2 fully saturated rings. The Morgan fingerprint density at radius 3 is 2.76 bits per heavy atom. The number of aliphatic imine (C=N–C) groups is 1. The lowest BCUT2D eigenvalue weighted by atomic mass is 10.1. The van der Waals surface area contributed by atoms with E-state index < -0.39 is 0 Å². The Labute approximate surface area is 176 Å². The maximum Gasteiger partial charge on any atom is 0.191 e. The second kappa shape index (κ2) is 10.8. The summed E-state index contributed by atoms with van der Waals surface area (Å²) in [4.78, 5) is 6.96. The molecule has 0 radical (unpaired) electrons. The Hall–Kier alpha value is -1.79. The van der Waals surface area contributed by atoms with Gasteiger partial charge in [-0.3, -0.25) is 9.89 Å². The van der Waals surface area contributed by atoms with E-state index in [2.05, 4.69) is 59.5 Å². The van der Waals surface area contributed by atoms with Crippen LogP contribution in [0.1, 0.15) is 50.7 Å². The van der Waals surface area contributed by atoms with Gasteiger partial charge in [0, 0.05) is 50.9 Å². The molecule has 6 heteroatoms. The van der Waals surface area contributed by atoms with Gasteiger partial charge in [0.2, 0.25) is 0 Å². The average Bonchev–Trinajstić information content (AvgIpc) is 3.40. The van der Waals surface area contributed by atoms with Gasteiger partial charge in [-0.05, 0) is 58.1 Å². The molecule has 162 valence electrons. The van der Waals surface area contributed by atoms with Gasteiger partial charge in [0.25, 0.3) is 0 Å². The molecule has 3 rings (SSSR count). The first-order valence-corrected chi connectivity index (χ1v) is 11.1. The Bertz CT molecular complexity index is 665. The van der Waals surface area contributed by atoms with E-state index in [0.29, 0.717) is 19.2 Å². The molecule has 1 aliphatic carbocycles. The predicted molar refractivity (Wildman–Crippen MR) is 119 cm³/mol. The summed E-state index contributed by atoms with van der Waals surface area (Å²) in [7, 11) is 1.82. The molecule has 1 saturated carbocycles. The number of hydrogen-bond acceptors (Lipinski definition) is 4. The summed E-state index contributed by atoms with van der Waals surface area (Å²) in [6.07, 6.45) is 5.12. The standard InChI is InChI=1S/C23H38N4O2/c1-17(2)27(20-9-10-20)12-11-25-23(24-4)26-15-19-8-7-18(3)14-22(19)29-16-21-6-5-13-28-21/h7-8,14,17,20-21H,5-6,9-13,15-16H2,1-4H3,(H2,24,25,26). The zero-order valence-corrected chi connectivity index (χ0v) is 18.5. The molecule has 0 bridgehead atoms. The minimum absolute atomic E-state index is 0.223. The Morgan fingerprint density at radius 2 is 2.10 bits per heavy atom. The first kappa shape index (κ1) is 21.9. The maximum absolute atomic E-state index is 6.11. The minimum atomic E-state index is 0.223. The summed E-state index contributed by atoms with van der Waals surface area (Å²) in [5, 5.41) is 6.88. The van der Waals surface area contributed by atoms with Crippen LogP contribution in [0.2, 0.25) is 0 Å². The fourth-order valence-electron chi connectivity index (χ4n) is 3.87. The summed E-state index contributed by atoms with van der Waals surface area (Å²) in [6.45, 7) is 10.7. The average molecular weight is 403 g/mol. The quantitative estimate of drug-likeness (QED) is 0.465. The van der Waals surface area contributed by atoms with Crippen LogP contribution in [0.3, 0.4) is 0 Å². The largest absolute Gasteiger partial charge is 0.491 e. The summed E-state index contributed by atoms with van der Waals surface area (Å²) < 4.78 is 11.8. The highest BCUT2D eigenvalue weighted by Gasteiger charge is 2.30. The number of aryl methyl sites for hydroxylation is 1. The fraction of sp³-hybridized carbons (Fsp3) is 0.696. The van der Waals surface area contributed by atoms with Crippen molar-refractivity contribution in [3.63, 3.8) is 0 Å². The zero-order valence-electron chi connectivity index (χ0n) is 18.5. The van der Waals surface area contributed by atoms with E-state index in [1.165, 1.54) is 18.4 Å². The topological polar surface area (TPSA) is 58.1 Å². The highest BCUT2D eigenvalue weighted by molar-refractivity contribution is 5.79. The molecule has 2 aliphatic rings. The molecule has 1 aliphatic heterocycles. The minimum Gasteiger partial charge on any atom is -0.491 e. The Morgan fingerprint density at radius 1 is 1.28 bits per heavy atom. The molecule has 1 aromatic rings. The number of nitrogens with one attached hydrogen (secondary N) is 2. The van der Waals surface area contributed by atoms with Crippen LogP contribution >= 0.6 is 0 Å². The van der Waals surface area contributed by atoms with Crippen molar-refractivity contribution in [3.8, 4) is 5.75 Å². The van der Waals surface area contributed by atoms with Crippen molar-refractivity contribution in [2.45, 2.75) is 71.2 Å². The van der Waals surface area contributed by atoms with Crippen molar-refractivity contribution in [2.24, 2.45) is 4.99 Å². The number of benzene rings is 1. The highest BCUT2D eigenvalue weighted by atomic mass is 16.5. The van der Waals surface area contributed by atoms with E-state index in [1.54, 1.807) is 0 Å². The summed E-state index contributed by atoms with van der Waals surface area (Å²) >= 11 is 0. The molecule has 29 heavy (non-hydrogen) atoms. The van der Waals surface area contributed by atoms with Gasteiger partial charge >= 0.3 is 0 Å². The van der Waals surface area contributed by atoms with E-state index in [0.717, 1.165) is 55.9 Å². The van der Waals surface area contributed by atoms with Gasteiger partial charge in [-0.25, -0.2) is 0 Å². The van der Waals surface area contributed by atoms with Gasteiger partial charge in [-0.1, -0.05) is 12.1 Å². The second-order valence-corrected chi connectivity index (χ2v) is 8.47. The number of rotatable bonds is 10. The lowest BCUT2D eigenvalue weighted by Gasteiger charge is -2.26. The van der Waals surface area contributed by atoms with Crippen LogP contribution in [0.15, 0.2) is 23.2 Å². The van der Waals surface area contributed by atoms with E-state index in [9.17, 15) is 0 Å². The van der Waals surface area contributed by atoms with Gasteiger partial charge in [-0.15, -0.1) is 0 Å². The third-order valence-corrected chi connectivity index (χ3v) is 5.68. The Kier molecular flexibility index (Phi) is 8.19. The van der Waals surface area contributed by atoms with Crippen LogP contribution < -0.4 is 15.4 Å². The lowest BCUT2D eigenvalue weighted by molar-refractivity contribution is 0.0676. The van der Waals surface area contributed by atoms with Crippen molar-refractivity contribution in [2.75, 3.05) is 33.4 Å². The summed E-state index contributed by atoms with van der Waals surface area (Å²) in [6, 6.07) is 7.74. The normalized spacial score (nSPS) is 19.8. The smallest absolute Gasteiger partial charge is 0.191 e. The molecule has 1 saturated heterocycles. The third-order valence-electron chi connectivity index (χ3n) is 5.68. The third kappa shape index (κ3) is 6.89. The van der Waals surface area contributed by atoms with Crippen molar-refractivity contribution in [1.29, 1.82) is 0 Å². The SMILES string of the molecule is CN=C(NCCN(C(C)C)C1CC1)NCc1ccc(C)cc1OCC1CCCO1. The molecule has 1 aromatic carbocycles. The predicted octanol–water partition coefficient (Wildman–Crippen LogP) is 3.09. The molecule has 0 spiro atoms. The molecule has 6 nitrogen and oxygen atoms in total. The molecular weight excluding hydrogens is 364 g/mol. The van der Waals surface area contributed by atoms with Crippen LogP contribution in [-0.2, 0) is 11.3 Å². The van der Waals surface area contributed by atoms with Crippen molar-refractivity contribution >= 4 is 5.96 Å². The molecule has 1 heterocycles. The maximum atomic E-state index is 6.11. The molecule has 0 aromatic heterocycles. The zero-order chi connectivity index (χ0) is 20.6. The van der Waals surface area contributed by atoms with Gasteiger partial charge in [0.05, 0.1) is 6.10 Å². The number of guanidine groups is 1. The number of hydrogen-bond donors (Lipinski definition) is 2. The first-order chi connectivity index (χ1) is 14.1. The van der Waals surface area contributed by atoms with E-state index in [1.807, 2.05) is 7.05 Å². The highest BCUT2D eigenvalue weighted by Crippen LogP contribution is 2.28. The van der Waals surface area contributed by atoms with Crippen LogP contribution in [-0.4, -0.2) is 62.4 Å². The molecule has 1 unspecified atom stereocenters. The van der Waals surface area contributed by atoms with Crippen molar-refractivity contribution in [3.05, 3.63) is 29.3 Å². The first-order valence-electron chi connectivity index (χ1n) is 11.1. The van der Waals surface area contributed by atoms with E-state index >= 15 is 0 Å². The summed E-state index contributed by atoms with van der Waals surface area (Å²) in [5.74, 6) is 1.76. The molecular formula is C23H38N4O2. The van der Waals surface area contributed by atoms with Crippen molar-refractivity contribution < 1.29 is 9.47 Å². The van der Waals surface area contributed by atoms with Gasteiger partial charge in [-0.2, -0.15) is 0 Å². The van der Waals surface area contributed by atoms with Crippen LogP contribution in [0, 0.1) is 6.92 Å². The van der Waals surface area contributed by atoms with Gasteiger partial charge < -0.3 is 20.1 Å². The van der Waals surface area contributed by atoms with Gasteiger partial charge in [0.1, 0.15) is 12.4 Å². The fourth-order valence-corrected chi connectivity index (χ4v) is 3.87. The lowest BCUT2D eigenvalue weighted by Crippen LogP contribution is -2.43. The van der Waals surface area contributed by atoms with Crippen LogP contribution in [0.5, 0.6) is 5.75 Å². The van der Waals surface area contributed by atoms with E-state index in [4.69, 9.17) is 9.47 Å². The number of ether oxygens (including phenoxy) is 2. The summed E-state index contributed by atoms with van der Waals surface area (Å²) in [5.41, 5.74) is 2.34.